The molecular weight excluding hydrogens is 295 g/mol. The summed E-state index contributed by atoms with van der Waals surface area (Å²) >= 11 is 0. The van der Waals surface area contributed by atoms with E-state index in [2.05, 4.69) is 21.9 Å². The van der Waals surface area contributed by atoms with Gasteiger partial charge in [-0.1, -0.05) is 19.1 Å². The molecule has 0 aliphatic heterocycles. The summed E-state index contributed by atoms with van der Waals surface area (Å²) in [4.78, 5) is 12.5. The van der Waals surface area contributed by atoms with Crippen LogP contribution in [0.1, 0.15) is 13.3 Å². The molecule has 3 rings (SSSR count). The van der Waals surface area contributed by atoms with Gasteiger partial charge >= 0.3 is 0 Å². The van der Waals surface area contributed by atoms with E-state index >= 15 is 0 Å². The van der Waals surface area contributed by atoms with Gasteiger partial charge in [0.25, 0.3) is 0 Å². The number of hydrogen-bond donors (Lipinski definition) is 1. The number of benzene rings is 1. The van der Waals surface area contributed by atoms with Crippen LogP contribution in [0.3, 0.4) is 0 Å². The number of imidazole rings is 1. The maximum absolute atomic E-state index is 14.0. The average molecular weight is 312 g/mol. The standard InChI is InChI=1S/C16H17FN6/c1-2-8-23(22-9-7-19-11-22)15-10-14(20-16(18)21-15)12-5-3-4-6-13(12)17/h3-7,9-11H,2,8H2,1H3,(H2,18,20,21). The first-order valence-electron chi connectivity index (χ1n) is 7.34. The molecule has 2 aromatic heterocycles. The Morgan fingerprint density at radius 1 is 1.26 bits per heavy atom. The average Bonchev–Trinajstić information content (AvgIpc) is 3.06. The van der Waals surface area contributed by atoms with Crippen LogP contribution in [0.5, 0.6) is 0 Å². The monoisotopic (exact) mass is 312 g/mol. The number of aromatic nitrogens is 4. The number of hydrogen-bond acceptors (Lipinski definition) is 5. The van der Waals surface area contributed by atoms with E-state index in [4.69, 9.17) is 5.73 Å². The van der Waals surface area contributed by atoms with Crippen molar-refractivity contribution < 1.29 is 4.39 Å². The second kappa shape index (κ2) is 6.43. The van der Waals surface area contributed by atoms with Gasteiger partial charge in [0.2, 0.25) is 5.95 Å². The predicted molar refractivity (Wildman–Crippen MR) is 87.1 cm³/mol. The van der Waals surface area contributed by atoms with Crippen molar-refractivity contribution in [2.24, 2.45) is 0 Å². The van der Waals surface area contributed by atoms with Crippen molar-refractivity contribution >= 4 is 11.8 Å². The molecule has 0 bridgehead atoms. The van der Waals surface area contributed by atoms with Crippen LogP contribution in [0, 0.1) is 5.82 Å². The summed E-state index contributed by atoms with van der Waals surface area (Å²) in [6.07, 6.45) is 6.08. The molecule has 3 aromatic rings. The van der Waals surface area contributed by atoms with Gasteiger partial charge in [-0.15, -0.1) is 0 Å². The fourth-order valence-corrected chi connectivity index (χ4v) is 2.35. The highest BCUT2D eigenvalue weighted by atomic mass is 19.1. The molecule has 0 radical (unpaired) electrons. The lowest BCUT2D eigenvalue weighted by Gasteiger charge is -2.24. The molecule has 0 spiro atoms. The minimum absolute atomic E-state index is 0.0990. The number of nitrogens with two attached hydrogens (primary N) is 1. The third-order valence-electron chi connectivity index (χ3n) is 3.35. The molecule has 0 aliphatic carbocycles. The summed E-state index contributed by atoms with van der Waals surface area (Å²) in [5.41, 5.74) is 6.68. The summed E-state index contributed by atoms with van der Waals surface area (Å²) < 4.78 is 15.8. The van der Waals surface area contributed by atoms with Crippen molar-refractivity contribution in [1.82, 2.24) is 19.6 Å². The molecule has 7 heteroatoms. The first kappa shape index (κ1) is 15.0. The molecule has 0 atom stereocenters. The molecule has 6 nitrogen and oxygen atoms in total. The van der Waals surface area contributed by atoms with Crippen molar-refractivity contribution in [1.29, 1.82) is 0 Å². The van der Waals surface area contributed by atoms with E-state index in [1.807, 2.05) is 15.9 Å². The number of nitrogens with zero attached hydrogens (tertiary/aromatic N) is 5. The van der Waals surface area contributed by atoms with Gasteiger partial charge in [0.15, 0.2) is 5.82 Å². The minimum atomic E-state index is -0.346. The summed E-state index contributed by atoms with van der Waals surface area (Å²) in [7, 11) is 0. The molecule has 0 saturated heterocycles. The van der Waals surface area contributed by atoms with Gasteiger partial charge in [-0.05, 0) is 18.6 Å². The zero-order chi connectivity index (χ0) is 16.2. The normalized spacial score (nSPS) is 10.7. The van der Waals surface area contributed by atoms with Crippen LogP contribution in [0.4, 0.5) is 16.2 Å². The smallest absolute Gasteiger partial charge is 0.222 e. The van der Waals surface area contributed by atoms with Gasteiger partial charge in [0, 0.05) is 30.6 Å². The molecule has 0 saturated carbocycles. The highest BCUT2D eigenvalue weighted by molar-refractivity contribution is 5.65. The molecule has 1 aromatic carbocycles. The van der Waals surface area contributed by atoms with Crippen molar-refractivity contribution in [2.75, 3.05) is 17.3 Å². The molecule has 0 aliphatic rings. The first-order chi connectivity index (χ1) is 11.2. The zero-order valence-electron chi connectivity index (χ0n) is 12.7. The van der Waals surface area contributed by atoms with Crippen LogP contribution in [0.2, 0.25) is 0 Å². The highest BCUT2D eigenvalue weighted by Gasteiger charge is 2.14. The van der Waals surface area contributed by atoms with Gasteiger partial charge in [-0.2, -0.15) is 4.98 Å². The van der Waals surface area contributed by atoms with E-state index in [0.717, 1.165) is 6.42 Å². The Bertz CT molecular complexity index is 787. The summed E-state index contributed by atoms with van der Waals surface area (Å²) in [6.45, 7) is 2.77. The van der Waals surface area contributed by atoms with Crippen molar-refractivity contribution in [3.8, 4) is 11.3 Å². The Morgan fingerprint density at radius 3 is 2.78 bits per heavy atom. The van der Waals surface area contributed by atoms with Crippen LogP contribution in [0.25, 0.3) is 11.3 Å². The fraction of sp³-hybridized carbons (Fsp3) is 0.188. The van der Waals surface area contributed by atoms with Gasteiger partial charge in [0.05, 0.1) is 5.69 Å². The van der Waals surface area contributed by atoms with Crippen LogP contribution < -0.4 is 10.7 Å². The molecule has 23 heavy (non-hydrogen) atoms. The van der Waals surface area contributed by atoms with Crippen LogP contribution >= 0.6 is 0 Å². The minimum Gasteiger partial charge on any atom is -0.368 e. The quantitative estimate of drug-likeness (QED) is 0.784. The SMILES string of the molecule is CCCN(c1cc(-c2ccccc2F)nc(N)n1)n1ccnc1. The Kier molecular flexibility index (Phi) is 4.18. The lowest BCUT2D eigenvalue weighted by atomic mass is 10.1. The third kappa shape index (κ3) is 3.13. The van der Waals surface area contributed by atoms with E-state index in [-0.39, 0.29) is 11.8 Å². The predicted octanol–water partition coefficient (Wildman–Crippen LogP) is 2.74. The summed E-state index contributed by atoms with van der Waals surface area (Å²) in [5.74, 6) is 0.346. The number of rotatable bonds is 5. The lowest BCUT2D eigenvalue weighted by Crippen LogP contribution is -2.30. The van der Waals surface area contributed by atoms with Crippen LogP contribution in [-0.4, -0.2) is 26.2 Å². The largest absolute Gasteiger partial charge is 0.368 e. The van der Waals surface area contributed by atoms with Crippen molar-refractivity contribution in [3.63, 3.8) is 0 Å². The van der Waals surface area contributed by atoms with Gasteiger partial charge in [0.1, 0.15) is 12.1 Å². The van der Waals surface area contributed by atoms with E-state index < -0.39 is 0 Å². The molecule has 0 unspecified atom stereocenters. The molecule has 0 fully saturated rings. The van der Waals surface area contributed by atoms with Gasteiger partial charge in [-0.25, -0.2) is 19.0 Å². The maximum Gasteiger partial charge on any atom is 0.222 e. The number of halogens is 1. The van der Waals surface area contributed by atoms with E-state index in [1.165, 1.54) is 6.07 Å². The molecular formula is C16H17FN6. The van der Waals surface area contributed by atoms with Crippen LogP contribution in [-0.2, 0) is 0 Å². The fourth-order valence-electron chi connectivity index (χ4n) is 2.35. The second-order valence-electron chi connectivity index (χ2n) is 5.02. The Labute approximate surface area is 133 Å². The lowest BCUT2D eigenvalue weighted by molar-refractivity contribution is 0.630. The van der Waals surface area contributed by atoms with E-state index in [0.29, 0.717) is 23.6 Å². The third-order valence-corrected chi connectivity index (χ3v) is 3.35. The number of anilines is 2. The Morgan fingerprint density at radius 2 is 2.09 bits per heavy atom. The second-order valence-corrected chi connectivity index (χ2v) is 5.02. The Balaban J connectivity index is 2.08. The topological polar surface area (TPSA) is 72.9 Å². The van der Waals surface area contributed by atoms with E-state index in [1.54, 1.807) is 36.8 Å². The first-order valence-corrected chi connectivity index (χ1v) is 7.34. The van der Waals surface area contributed by atoms with Crippen molar-refractivity contribution in [3.05, 3.63) is 54.9 Å². The van der Waals surface area contributed by atoms with Crippen LogP contribution in [0.15, 0.2) is 49.1 Å². The molecule has 2 N–H and O–H groups in total. The summed E-state index contributed by atoms with van der Waals surface area (Å²) in [5, 5.41) is 1.91. The molecule has 2 heterocycles. The van der Waals surface area contributed by atoms with Crippen molar-refractivity contribution in [2.45, 2.75) is 13.3 Å². The Hall–Kier alpha value is -2.96. The number of nitrogen functional groups attached to an aromatic ring is 1. The van der Waals surface area contributed by atoms with Gasteiger partial charge in [-0.3, -0.25) is 5.01 Å². The van der Waals surface area contributed by atoms with E-state index in [9.17, 15) is 4.39 Å². The van der Waals surface area contributed by atoms with Gasteiger partial charge < -0.3 is 5.73 Å². The molecule has 118 valence electrons. The maximum atomic E-state index is 14.0. The highest BCUT2D eigenvalue weighted by Crippen LogP contribution is 2.25. The summed E-state index contributed by atoms with van der Waals surface area (Å²) in [6, 6.07) is 8.19. The zero-order valence-corrected chi connectivity index (χ0v) is 12.7. The molecule has 0 amide bonds.